The average Bonchev–Trinajstić information content (AvgIpc) is 1.86. The molecule has 0 amide bonds. The van der Waals surface area contributed by atoms with Crippen molar-refractivity contribution >= 4 is 0 Å². The van der Waals surface area contributed by atoms with Crippen LogP contribution in [0.4, 0.5) is 0 Å². The van der Waals surface area contributed by atoms with Crippen molar-refractivity contribution in [1.29, 1.82) is 0 Å². The maximum absolute atomic E-state index is 2.31. The molecule has 0 nitrogen and oxygen atoms in total. The summed E-state index contributed by atoms with van der Waals surface area (Å²) in [5.41, 5.74) is 1.51. The lowest BCUT2D eigenvalue weighted by Gasteiger charge is -2.03. The second kappa shape index (κ2) is 6.21. The summed E-state index contributed by atoms with van der Waals surface area (Å²) in [7, 11) is 0. The Morgan fingerprint density at radius 3 is 2.45 bits per heavy atom. The molecule has 0 radical (unpaired) electrons. The van der Waals surface area contributed by atoms with Gasteiger partial charge in [0.1, 0.15) is 0 Å². The number of allylic oxidation sites excluding steroid dienone is 4. The molecule has 0 rings (SSSR count). The molecule has 0 aromatic heterocycles. The fourth-order valence-electron chi connectivity index (χ4n) is 1.13. The van der Waals surface area contributed by atoms with Crippen LogP contribution in [0.5, 0.6) is 0 Å². The Bertz CT molecular complexity index is 138. The molecule has 0 spiro atoms. The predicted octanol–water partition coefficient (Wildman–Crippen LogP) is 3.95. The van der Waals surface area contributed by atoms with E-state index in [1.54, 1.807) is 0 Å². The second-order valence-electron chi connectivity index (χ2n) is 3.45. The van der Waals surface area contributed by atoms with E-state index < -0.39 is 0 Å². The van der Waals surface area contributed by atoms with Crippen LogP contribution >= 0.6 is 0 Å². The van der Waals surface area contributed by atoms with E-state index in [1.165, 1.54) is 12.0 Å². The van der Waals surface area contributed by atoms with Crippen LogP contribution in [0.2, 0.25) is 0 Å². The SMILES string of the molecule is CC=CCC=C(C)CC(C)C. The molecule has 0 N–H and O–H groups in total. The summed E-state index contributed by atoms with van der Waals surface area (Å²) in [6, 6.07) is 0. The van der Waals surface area contributed by atoms with Crippen LogP contribution in [0.3, 0.4) is 0 Å². The molecule has 0 fully saturated rings. The van der Waals surface area contributed by atoms with E-state index in [4.69, 9.17) is 0 Å². The first-order valence-corrected chi connectivity index (χ1v) is 4.43. The van der Waals surface area contributed by atoms with Gasteiger partial charge in [-0.1, -0.05) is 37.6 Å². The Labute approximate surface area is 71.0 Å². The van der Waals surface area contributed by atoms with Crippen molar-refractivity contribution in [3.63, 3.8) is 0 Å². The molecule has 0 aliphatic carbocycles. The first kappa shape index (κ1) is 10.5. The maximum Gasteiger partial charge on any atom is -0.0167 e. The first-order chi connectivity index (χ1) is 5.16. The third-order valence-electron chi connectivity index (χ3n) is 1.57. The number of hydrogen-bond acceptors (Lipinski definition) is 0. The minimum Gasteiger partial charge on any atom is -0.0914 e. The molecule has 11 heavy (non-hydrogen) atoms. The normalized spacial score (nSPS) is 13.4. The standard InChI is InChI=1S/C11H20/c1-5-6-7-8-11(4)9-10(2)3/h5-6,8,10H,7,9H2,1-4H3. The third-order valence-corrected chi connectivity index (χ3v) is 1.57. The van der Waals surface area contributed by atoms with Crippen molar-refractivity contribution in [2.75, 3.05) is 0 Å². The van der Waals surface area contributed by atoms with Gasteiger partial charge in [0.15, 0.2) is 0 Å². The van der Waals surface area contributed by atoms with Crippen molar-refractivity contribution in [3.8, 4) is 0 Å². The molecule has 0 bridgehead atoms. The molecule has 0 saturated heterocycles. The second-order valence-corrected chi connectivity index (χ2v) is 3.45. The highest BCUT2D eigenvalue weighted by Crippen LogP contribution is 2.10. The zero-order chi connectivity index (χ0) is 8.69. The molecule has 0 aromatic carbocycles. The van der Waals surface area contributed by atoms with Crippen LogP contribution in [0.1, 0.15) is 40.5 Å². The van der Waals surface area contributed by atoms with Gasteiger partial charge in [-0.2, -0.15) is 0 Å². The Morgan fingerprint density at radius 1 is 1.36 bits per heavy atom. The summed E-state index contributed by atoms with van der Waals surface area (Å²) in [5, 5.41) is 0. The van der Waals surface area contributed by atoms with Crippen LogP contribution < -0.4 is 0 Å². The largest absolute Gasteiger partial charge is 0.0914 e. The van der Waals surface area contributed by atoms with Crippen LogP contribution in [0.15, 0.2) is 23.8 Å². The van der Waals surface area contributed by atoms with Crippen LogP contribution in [0.25, 0.3) is 0 Å². The van der Waals surface area contributed by atoms with Gasteiger partial charge in [0.05, 0.1) is 0 Å². The van der Waals surface area contributed by atoms with Crippen molar-refractivity contribution in [3.05, 3.63) is 23.8 Å². The monoisotopic (exact) mass is 152 g/mol. The minimum absolute atomic E-state index is 0.789. The van der Waals surface area contributed by atoms with Gasteiger partial charge in [0, 0.05) is 0 Å². The van der Waals surface area contributed by atoms with E-state index in [2.05, 4.69) is 45.9 Å². The Kier molecular flexibility index (Phi) is 5.91. The van der Waals surface area contributed by atoms with E-state index in [1.807, 2.05) is 0 Å². The van der Waals surface area contributed by atoms with Crippen LogP contribution in [-0.4, -0.2) is 0 Å². The molecule has 0 heterocycles. The fraction of sp³-hybridized carbons (Fsp3) is 0.636. The summed E-state index contributed by atoms with van der Waals surface area (Å²) in [4.78, 5) is 0. The average molecular weight is 152 g/mol. The summed E-state index contributed by atoms with van der Waals surface area (Å²) < 4.78 is 0. The smallest absolute Gasteiger partial charge is 0.0167 e. The summed E-state index contributed by atoms with van der Waals surface area (Å²) in [6.07, 6.45) is 8.91. The maximum atomic E-state index is 2.31. The van der Waals surface area contributed by atoms with Gasteiger partial charge in [-0.05, 0) is 32.6 Å². The van der Waals surface area contributed by atoms with Gasteiger partial charge in [-0.25, -0.2) is 0 Å². The highest BCUT2D eigenvalue weighted by Gasteiger charge is 1.93. The lowest BCUT2D eigenvalue weighted by atomic mass is 10.0. The number of rotatable bonds is 4. The fourth-order valence-corrected chi connectivity index (χ4v) is 1.13. The lowest BCUT2D eigenvalue weighted by molar-refractivity contribution is 0.641. The molecule has 0 atom stereocenters. The Morgan fingerprint density at radius 2 is 2.00 bits per heavy atom. The molecule has 0 heteroatoms. The summed E-state index contributed by atoms with van der Waals surface area (Å²) in [5.74, 6) is 0.789. The summed E-state index contributed by atoms with van der Waals surface area (Å²) in [6.45, 7) is 8.79. The Balaban J connectivity index is 3.62. The topological polar surface area (TPSA) is 0 Å². The Hall–Kier alpha value is -0.520. The van der Waals surface area contributed by atoms with E-state index >= 15 is 0 Å². The van der Waals surface area contributed by atoms with Gasteiger partial charge in [-0.15, -0.1) is 0 Å². The van der Waals surface area contributed by atoms with Crippen molar-refractivity contribution in [2.45, 2.75) is 40.5 Å². The van der Waals surface area contributed by atoms with Gasteiger partial charge in [-0.3, -0.25) is 0 Å². The van der Waals surface area contributed by atoms with Crippen molar-refractivity contribution < 1.29 is 0 Å². The molecule has 0 aromatic rings. The zero-order valence-corrected chi connectivity index (χ0v) is 8.22. The highest BCUT2D eigenvalue weighted by atomic mass is 14.0. The van der Waals surface area contributed by atoms with Gasteiger partial charge < -0.3 is 0 Å². The van der Waals surface area contributed by atoms with Crippen LogP contribution in [-0.2, 0) is 0 Å². The van der Waals surface area contributed by atoms with E-state index in [-0.39, 0.29) is 0 Å². The van der Waals surface area contributed by atoms with E-state index in [0.29, 0.717) is 0 Å². The predicted molar refractivity (Wildman–Crippen MR) is 52.6 cm³/mol. The van der Waals surface area contributed by atoms with Gasteiger partial charge >= 0.3 is 0 Å². The van der Waals surface area contributed by atoms with E-state index in [9.17, 15) is 0 Å². The molecular weight excluding hydrogens is 132 g/mol. The molecule has 0 aliphatic rings. The number of hydrogen-bond donors (Lipinski definition) is 0. The van der Waals surface area contributed by atoms with Gasteiger partial charge in [0.25, 0.3) is 0 Å². The van der Waals surface area contributed by atoms with Crippen molar-refractivity contribution in [1.82, 2.24) is 0 Å². The molecule has 64 valence electrons. The molecular formula is C11H20. The van der Waals surface area contributed by atoms with Crippen molar-refractivity contribution in [2.24, 2.45) is 5.92 Å². The summed E-state index contributed by atoms with van der Waals surface area (Å²) >= 11 is 0. The van der Waals surface area contributed by atoms with Crippen LogP contribution in [0, 0.1) is 5.92 Å². The lowest BCUT2D eigenvalue weighted by Crippen LogP contribution is -1.87. The third kappa shape index (κ3) is 7.38. The molecule has 0 aliphatic heterocycles. The first-order valence-electron chi connectivity index (χ1n) is 4.43. The zero-order valence-electron chi connectivity index (χ0n) is 8.22. The van der Waals surface area contributed by atoms with E-state index in [0.717, 1.165) is 12.3 Å². The van der Waals surface area contributed by atoms with Gasteiger partial charge in [0.2, 0.25) is 0 Å². The quantitative estimate of drug-likeness (QED) is 0.535. The molecule has 0 saturated carbocycles. The molecule has 0 unspecified atom stereocenters. The highest BCUT2D eigenvalue weighted by molar-refractivity contribution is 5.02. The minimum atomic E-state index is 0.789.